The fourth-order valence-electron chi connectivity index (χ4n) is 3.30. The van der Waals surface area contributed by atoms with Gasteiger partial charge in [0.1, 0.15) is 5.69 Å². The smallest absolute Gasteiger partial charge is 0.248 e. The Kier molecular flexibility index (Phi) is 4.87. The Morgan fingerprint density at radius 3 is 2.77 bits per heavy atom. The summed E-state index contributed by atoms with van der Waals surface area (Å²) in [5.74, 6) is -0.0240. The van der Waals surface area contributed by atoms with Gasteiger partial charge in [0, 0.05) is 17.5 Å². The van der Waals surface area contributed by atoms with Gasteiger partial charge in [-0.25, -0.2) is 4.98 Å². The number of benzene rings is 1. The number of hydrogen-bond donors (Lipinski definition) is 2. The average Bonchev–Trinajstić information content (AvgIpc) is 3.41. The Labute approximate surface area is 157 Å². The van der Waals surface area contributed by atoms with E-state index in [1.807, 2.05) is 6.07 Å². The molecule has 0 bridgehead atoms. The van der Waals surface area contributed by atoms with Crippen LogP contribution in [0.15, 0.2) is 24.3 Å². The van der Waals surface area contributed by atoms with Crippen LogP contribution < -0.4 is 11.1 Å². The first kappa shape index (κ1) is 17.4. The van der Waals surface area contributed by atoms with Gasteiger partial charge in [-0.15, -0.1) is 11.3 Å². The number of carbonyl (C=O) groups excluding carboxylic acids is 2. The van der Waals surface area contributed by atoms with Gasteiger partial charge >= 0.3 is 0 Å². The van der Waals surface area contributed by atoms with Gasteiger partial charge in [0.2, 0.25) is 5.91 Å². The van der Waals surface area contributed by atoms with Crippen molar-refractivity contribution in [1.29, 1.82) is 0 Å². The number of Topliss-reactive ketones (excluding diaryl/α,β-unsaturated/α-hetero) is 1. The molecule has 26 heavy (non-hydrogen) atoms. The number of amides is 1. The Hall–Kier alpha value is -2.05. The Bertz CT molecular complexity index is 835. The molecule has 1 aliphatic carbocycles. The number of carbonyl (C=O) groups is 2. The zero-order valence-corrected chi connectivity index (χ0v) is 15.3. The van der Waals surface area contributed by atoms with Crippen LogP contribution in [0.3, 0.4) is 0 Å². The van der Waals surface area contributed by atoms with E-state index in [4.69, 9.17) is 5.73 Å². The molecule has 1 aromatic carbocycles. The van der Waals surface area contributed by atoms with Gasteiger partial charge in [0.05, 0.1) is 16.3 Å². The molecule has 135 valence electrons. The monoisotopic (exact) mass is 368 g/mol. The average molecular weight is 368 g/mol. The normalized spacial score (nSPS) is 20.1. The maximum Gasteiger partial charge on any atom is 0.248 e. The third-order valence-corrected chi connectivity index (χ3v) is 6.18. The van der Waals surface area contributed by atoms with E-state index in [0.717, 1.165) is 54.1 Å². The Morgan fingerprint density at radius 1 is 1.23 bits per heavy atom. The van der Waals surface area contributed by atoms with Crippen molar-refractivity contribution in [2.75, 3.05) is 6.54 Å². The summed E-state index contributed by atoms with van der Waals surface area (Å²) in [7, 11) is 0. The highest BCUT2D eigenvalue weighted by molar-refractivity contribution is 7.15. The van der Waals surface area contributed by atoms with Crippen molar-refractivity contribution in [2.24, 2.45) is 5.73 Å². The maximum absolute atomic E-state index is 12.9. The van der Waals surface area contributed by atoms with Crippen LogP contribution in [0.4, 0.5) is 0 Å². The molecule has 1 aliphatic heterocycles. The van der Waals surface area contributed by atoms with E-state index in [1.54, 1.807) is 36.0 Å². The van der Waals surface area contributed by atoms with Gasteiger partial charge in [0.15, 0.2) is 5.78 Å². The van der Waals surface area contributed by atoms with Crippen LogP contribution in [0.25, 0.3) is 10.4 Å². The van der Waals surface area contributed by atoms with Crippen LogP contribution in [-0.2, 0) is 0 Å². The summed E-state index contributed by atoms with van der Waals surface area (Å²) in [4.78, 5) is 30.0. The fourth-order valence-corrected chi connectivity index (χ4v) is 4.54. The van der Waals surface area contributed by atoms with E-state index < -0.39 is 5.91 Å². The zero-order chi connectivity index (χ0) is 18.1. The molecule has 1 saturated carbocycles. The van der Waals surface area contributed by atoms with Gasteiger partial charge in [-0.3, -0.25) is 9.59 Å². The number of thiazole rings is 1. The number of rotatable bonds is 6. The lowest BCUT2D eigenvalue weighted by molar-refractivity contribution is 0.0996. The molecule has 1 unspecified atom stereocenters. The maximum atomic E-state index is 12.9. The molecule has 1 amide bonds. The molecule has 2 fully saturated rings. The number of hydrogen-bond acceptors (Lipinski definition) is 5. The molecule has 1 saturated heterocycles. The highest BCUT2D eigenvalue weighted by Crippen LogP contribution is 2.45. The third kappa shape index (κ3) is 3.71. The number of aromatic nitrogens is 1. The highest BCUT2D eigenvalue weighted by atomic mass is 32.1. The van der Waals surface area contributed by atoms with E-state index >= 15 is 0 Å². The van der Waals surface area contributed by atoms with Gasteiger partial charge in [0.25, 0.3) is 0 Å². The second-order valence-electron chi connectivity index (χ2n) is 7.04. The van der Waals surface area contributed by atoms with E-state index in [1.165, 1.54) is 0 Å². The predicted molar refractivity (Wildman–Crippen MR) is 102 cm³/mol. The second-order valence-corrected chi connectivity index (χ2v) is 8.07. The summed E-state index contributed by atoms with van der Waals surface area (Å²) in [6.45, 7) is 0.951. The molecular weight excluding hydrogens is 346 g/mol. The molecule has 2 heterocycles. The summed E-state index contributed by atoms with van der Waals surface area (Å²) in [5.41, 5.74) is 7.20. The Balaban J connectivity index is 1.66. The van der Waals surface area contributed by atoms with Crippen LogP contribution in [0.1, 0.15) is 63.9 Å². The van der Waals surface area contributed by atoms with E-state index in [-0.39, 0.29) is 11.8 Å². The van der Waals surface area contributed by atoms with Crippen molar-refractivity contribution in [3.8, 4) is 10.4 Å². The molecule has 1 radical (unpaired) electrons. The number of nitrogens with one attached hydrogen (secondary N) is 1. The lowest BCUT2D eigenvalue weighted by Crippen LogP contribution is -2.36. The topological polar surface area (TPSA) is 85.1 Å². The molecule has 2 aromatic rings. The minimum atomic E-state index is -0.468. The summed E-state index contributed by atoms with van der Waals surface area (Å²) in [6.07, 6.45) is 7.32. The lowest BCUT2D eigenvalue weighted by Gasteiger charge is -2.22. The van der Waals surface area contributed by atoms with Gasteiger partial charge in [-0.1, -0.05) is 18.6 Å². The van der Waals surface area contributed by atoms with Crippen molar-refractivity contribution in [3.63, 3.8) is 0 Å². The van der Waals surface area contributed by atoms with E-state index in [9.17, 15) is 9.59 Å². The number of nitrogens with two attached hydrogens (primary N) is 1. The molecule has 2 aliphatic rings. The first-order chi connectivity index (χ1) is 12.6. The first-order valence-electron chi connectivity index (χ1n) is 9.15. The van der Waals surface area contributed by atoms with Crippen LogP contribution in [0.2, 0.25) is 0 Å². The van der Waals surface area contributed by atoms with Crippen molar-refractivity contribution in [1.82, 2.24) is 10.3 Å². The van der Waals surface area contributed by atoms with Crippen molar-refractivity contribution < 1.29 is 9.59 Å². The molecule has 6 heteroatoms. The molecule has 4 rings (SSSR count). The third-order valence-electron chi connectivity index (χ3n) is 4.91. The predicted octanol–water partition coefficient (Wildman–Crippen LogP) is 3.32. The first-order valence-corrected chi connectivity index (χ1v) is 9.97. The van der Waals surface area contributed by atoms with Crippen molar-refractivity contribution in [2.45, 2.75) is 44.1 Å². The number of piperidine rings is 1. The molecular formula is C20H22N3O2S. The standard InChI is InChI=1S/C20H22N3O2S/c21-19(25)14-5-3-4-13(10-14)18-17(23-20(26-18)12-7-8-12)16(24)11-15-6-1-2-9-22-15/h3-5,10-12,15,22H,1-2,6-9H2,(H2,21,25). The van der Waals surface area contributed by atoms with E-state index in [2.05, 4.69) is 10.3 Å². The van der Waals surface area contributed by atoms with Crippen molar-refractivity contribution >= 4 is 23.0 Å². The van der Waals surface area contributed by atoms with Crippen LogP contribution in [-0.4, -0.2) is 29.3 Å². The summed E-state index contributed by atoms with van der Waals surface area (Å²) in [5, 5.41) is 4.41. The fraction of sp³-hybridized carbons (Fsp3) is 0.400. The number of ketones is 1. The minimum Gasteiger partial charge on any atom is -0.366 e. The summed E-state index contributed by atoms with van der Waals surface area (Å²) in [6, 6.07) is 7.27. The minimum absolute atomic E-state index is 0.0352. The molecule has 1 atom stereocenters. The molecule has 3 N–H and O–H groups in total. The van der Waals surface area contributed by atoms with Crippen molar-refractivity contribution in [3.05, 3.63) is 47.0 Å². The second kappa shape index (κ2) is 7.29. The van der Waals surface area contributed by atoms with E-state index in [0.29, 0.717) is 17.2 Å². The quantitative estimate of drug-likeness (QED) is 0.766. The largest absolute Gasteiger partial charge is 0.366 e. The number of primary amides is 1. The summed E-state index contributed by atoms with van der Waals surface area (Å²) >= 11 is 1.57. The van der Waals surface area contributed by atoms with Crippen LogP contribution in [0.5, 0.6) is 0 Å². The SMILES string of the molecule is NC(=O)c1cccc(-c2sc(C3CC3)nc2C(=O)[CH]C2CCCCN2)c1. The molecule has 5 nitrogen and oxygen atoms in total. The molecule has 0 spiro atoms. The van der Waals surface area contributed by atoms with Gasteiger partial charge in [-0.05, 0) is 49.9 Å². The lowest BCUT2D eigenvalue weighted by atomic mass is 9.97. The van der Waals surface area contributed by atoms with Crippen LogP contribution >= 0.6 is 11.3 Å². The zero-order valence-electron chi connectivity index (χ0n) is 14.5. The van der Waals surface area contributed by atoms with Gasteiger partial charge < -0.3 is 11.1 Å². The van der Waals surface area contributed by atoms with Gasteiger partial charge in [-0.2, -0.15) is 0 Å². The molecule has 1 aromatic heterocycles. The summed E-state index contributed by atoms with van der Waals surface area (Å²) < 4.78 is 0. The highest BCUT2D eigenvalue weighted by Gasteiger charge is 2.31. The Morgan fingerprint density at radius 2 is 2.08 bits per heavy atom. The number of nitrogens with zero attached hydrogens (tertiary/aromatic N) is 1. The van der Waals surface area contributed by atoms with Crippen LogP contribution in [0, 0.1) is 6.42 Å².